The summed E-state index contributed by atoms with van der Waals surface area (Å²) in [4.78, 5) is 10.8. The number of allylic oxidation sites excluding steroid dienone is 2. The van der Waals surface area contributed by atoms with E-state index in [1.165, 1.54) is 6.07 Å². The minimum absolute atomic E-state index is 0.114. The van der Waals surface area contributed by atoms with Gasteiger partial charge in [0.1, 0.15) is 0 Å². The van der Waals surface area contributed by atoms with Crippen LogP contribution in [0, 0.1) is 10.1 Å². The molecule has 3 nitrogen and oxygen atoms in total. The number of fused-ring (bicyclic) bond motifs is 1. The van der Waals surface area contributed by atoms with Crippen molar-refractivity contribution in [2.24, 2.45) is 0 Å². The first-order valence-corrected chi connectivity index (χ1v) is 5.95. The molecule has 0 aliphatic heterocycles. The van der Waals surface area contributed by atoms with Crippen LogP contribution in [-0.2, 0) is 0 Å². The van der Waals surface area contributed by atoms with Gasteiger partial charge in [0.15, 0.2) is 0 Å². The SMILES string of the molecule is C=C(C)c1cccc2c([N+](=O)[O-])ccc(C(=C)C)c12. The van der Waals surface area contributed by atoms with E-state index in [-0.39, 0.29) is 10.6 Å². The van der Waals surface area contributed by atoms with Gasteiger partial charge in [-0.15, -0.1) is 0 Å². The zero-order valence-corrected chi connectivity index (χ0v) is 11.1. The Labute approximate surface area is 112 Å². The van der Waals surface area contributed by atoms with Crippen molar-refractivity contribution in [2.45, 2.75) is 13.8 Å². The van der Waals surface area contributed by atoms with Crippen LogP contribution >= 0.6 is 0 Å². The van der Waals surface area contributed by atoms with E-state index >= 15 is 0 Å². The molecule has 0 N–H and O–H groups in total. The molecule has 0 heterocycles. The van der Waals surface area contributed by atoms with E-state index in [2.05, 4.69) is 13.2 Å². The summed E-state index contributed by atoms with van der Waals surface area (Å²) in [7, 11) is 0. The van der Waals surface area contributed by atoms with Crippen molar-refractivity contribution in [1.82, 2.24) is 0 Å². The average molecular weight is 253 g/mol. The van der Waals surface area contributed by atoms with Gasteiger partial charge in [-0.3, -0.25) is 10.1 Å². The van der Waals surface area contributed by atoms with Gasteiger partial charge in [0.2, 0.25) is 0 Å². The normalized spacial score (nSPS) is 10.4. The molecule has 0 radical (unpaired) electrons. The van der Waals surface area contributed by atoms with Crippen LogP contribution in [0.25, 0.3) is 21.9 Å². The number of benzene rings is 2. The molecule has 0 bridgehead atoms. The van der Waals surface area contributed by atoms with E-state index in [0.29, 0.717) is 5.39 Å². The fourth-order valence-corrected chi connectivity index (χ4v) is 2.26. The van der Waals surface area contributed by atoms with E-state index < -0.39 is 0 Å². The Kier molecular flexibility index (Phi) is 3.21. The molecule has 96 valence electrons. The summed E-state index contributed by atoms with van der Waals surface area (Å²) in [5.41, 5.74) is 3.74. The van der Waals surface area contributed by atoms with Crippen LogP contribution in [0.15, 0.2) is 43.5 Å². The maximum absolute atomic E-state index is 11.1. The van der Waals surface area contributed by atoms with Crippen LogP contribution in [-0.4, -0.2) is 4.92 Å². The molecule has 0 unspecified atom stereocenters. The number of hydrogen-bond donors (Lipinski definition) is 0. The molecular formula is C16H15NO2. The molecule has 2 aromatic carbocycles. The number of nitro benzene ring substituents is 1. The highest BCUT2D eigenvalue weighted by Gasteiger charge is 2.17. The Hall–Kier alpha value is -2.42. The minimum Gasteiger partial charge on any atom is -0.258 e. The van der Waals surface area contributed by atoms with Crippen molar-refractivity contribution < 1.29 is 4.92 Å². The second kappa shape index (κ2) is 4.69. The lowest BCUT2D eigenvalue weighted by Crippen LogP contribution is -1.94. The molecule has 2 aromatic rings. The van der Waals surface area contributed by atoms with E-state index in [9.17, 15) is 10.1 Å². The van der Waals surface area contributed by atoms with Crippen molar-refractivity contribution >= 4 is 27.6 Å². The molecule has 0 fully saturated rings. The van der Waals surface area contributed by atoms with Crippen molar-refractivity contribution in [3.63, 3.8) is 0 Å². The van der Waals surface area contributed by atoms with Crippen molar-refractivity contribution in [2.75, 3.05) is 0 Å². The van der Waals surface area contributed by atoms with Gasteiger partial charge >= 0.3 is 0 Å². The van der Waals surface area contributed by atoms with Gasteiger partial charge in [0.05, 0.1) is 10.3 Å². The second-order valence-corrected chi connectivity index (χ2v) is 4.68. The lowest BCUT2D eigenvalue weighted by Gasteiger charge is -2.12. The second-order valence-electron chi connectivity index (χ2n) is 4.68. The molecule has 0 spiro atoms. The van der Waals surface area contributed by atoms with Crippen molar-refractivity contribution in [1.29, 1.82) is 0 Å². The molecule has 2 rings (SSSR count). The fourth-order valence-electron chi connectivity index (χ4n) is 2.26. The predicted octanol–water partition coefficient (Wildman–Crippen LogP) is 4.81. The summed E-state index contributed by atoms with van der Waals surface area (Å²) in [6.45, 7) is 11.7. The van der Waals surface area contributed by atoms with Gasteiger partial charge in [-0.25, -0.2) is 0 Å². The zero-order valence-electron chi connectivity index (χ0n) is 11.1. The number of nitrogens with zero attached hydrogens (tertiary/aromatic N) is 1. The van der Waals surface area contributed by atoms with Gasteiger partial charge in [0.25, 0.3) is 5.69 Å². The first kappa shape index (κ1) is 13.0. The van der Waals surface area contributed by atoms with Gasteiger partial charge in [0, 0.05) is 11.5 Å². The first-order valence-electron chi connectivity index (χ1n) is 5.95. The Balaban J connectivity index is 3.01. The van der Waals surface area contributed by atoms with Crippen LogP contribution in [0.1, 0.15) is 25.0 Å². The summed E-state index contributed by atoms with van der Waals surface area (Å²) in [5.74, 6) is 0. The third-order valence-corrected chi connectivity index (χ3v) is 3.13. The summed E-state index contributed by atoms with van der Waals surface area (Å²) in [6.07, 6.45) is 0. The average Bonchev–Trinajstić information content (AvgIpc) is 2.35. The summed E-state index contributed by atoms with van der Waals surface area (Å²) in [6, 6.07) is 8.82. The molecule has 0 aliphatic rings. The van der Waals surface area contributed by atoms with Crippen LogP contribution < -0.4 is 0 Å². The molecule has 0 aromatic heterocycles. The first-order chi connectivity index (χ1) is 8.93. The molecule has 3 heteroatoms. The molecular weight excluding hydrogens is 238 g/mol. The highest BCUT2D eigenvalue weighted by Crippen LogP contribution is 2.35. The van der Waals surface area contributed by atoms with E-state index in [1.54, 1.807) is 12.1 Å². The summed E-state index contributed by atoms with van der Waals surface area (Å²) >= 11 is 0. The fraction of sp³-hybridized carbons (Fsp3) is 0.125. The maximum Gasteiger partial charge on any atom is 0.277 e. The summed E-state index contributed by atoms with van der Waals surface area (Å²) < 4.78 is 0. The number of non-ortho nitro benzene ring substituents is 1. The van der Waals surface area contributed by atoms with E-state index in [4.69, 9.17) is 0 Å². The molecule has 0 saturated heterocycles. The van der Waals surface area contributed by atoms with Crippen molar-refractivity contribution in [3.8, 4) is 0 Å². The Morgan fingerprint density at radius 2 is 1.63 bits per heavy atom. The maximum atomic E-state index is 11.1. The van der Waals surface area contributed by atoms with Crippen LogP contribution in [0.4, 0.5) is 5.69 Å². The highest BCUT2D eigenvalue weighted by atomic mass is 16.6. The number of nitro groups is 1. The Morgan fingerprint density at radius 3 is 2.16 bits per heavy atom. The predicted molar refractivity (Wildman–Crippen MR) is 80.0 cm³/mol. The minimum atomic E-state index is -0.354. The highest BCUT2D eigenvalue weighted by molar-refractivity contribution is 6.04. The topological polar surface area (TPSA) is 43.1 Å². The molecule has 0 amide bonds. The Morgan fingerprint density at radius 1 is 1.05 bits per heavy atom. The molecule has 0 saturated carbocycles. The van der Waals surface area contributed by atoms with Crippen LogP contribution in [0.5, 0.6) is 0 Å². The number of rotatable bonds is 3. The van der Waals surface area contributed by atoms with E-state index in [0.717, 1.165) is 27.7 Å². The third kappa shape index (κ3) is 2.15. The van der Waals surface area contributed by atoms with Gasteiger partial charge in [-0.1, -0.05) is 36.4 Å². The lowest BCUT2D eigenvalue weighted by molar-refractivity contribution is -0.383. The standard InChI is InChI=1S/C16H15NO2/c1-10(2)12-6-5-7-14-15(17(18)19)9-8-13(11(3)4)16(12)14/h5-9H,1,3H2,2,4H3. The van der Waals surface area contributed by atoms with E-state index in [1.807, 2.05) is 26.0 Å². The summed E-state index contributed by atoms with van der Waals surface area (Å²) in [5, 5.41) is 12.6. The third-order valence-electron chi connectivity index (χ3n) is 3.13. The van der Waals surface area contributed by atoms with Gasteiger partial charge in [-0.2, -0.15) is 0 Å². The zero-order chi connectivity index (χ0) is 14.2. The smallest absolute Gasteiger partial charge is 0.258 e. The number of hydrogen-bond acceptors (Lipinski definition) is 2. The van der Waals surface area contributed by atoms with Crippen LogP contribution in [0.2, 0.25) is 0 Å². The lowest BCUT2D eigenvalue weighted by atomic mass is 9.92. The molecule has 0 aliphatic carbocycles. The largest absolute Gasteiger partial charge is 0.277 e. The van der Waals surface area contributed by atoms with Crippen molar-refractivity contribution in [3.05, 3.63) is 64.7 Å². The van der Waals surface area contributed by atoms with Gasteiger partial charge in [-0.05, 0) is 37.1 Å². The van der Waals surface area contributed by atoms with Crippen LogP contribution in [0.3, 0.4) is 0 Å². The molecule has 19 heavy (non-hydrogen) atoms. The Bertz CT molecular complexity index is 694. The molecule has 0 atom stereocenters. The van der Waals surface area contributed by atoms with Gasteiger partial charge < -0.3 is 0 Å². The quantitative estimate of drug-likeness (QED) is 0.581. The monoisotopic (exact) mass is 253 g/mol.